The summed E-state index contributed by atoms with van der Waals surface area (Å²) >= 11 is 0. The molecule has 0 atom stereocenters. The number of anilines is 4. The molecule has 12 nitrogen and oxygen atoms in total. The summed E-state index contributed by atoms with van der Waals surface area (Å²) in [6.07, 6.45) is 7.09. The molecule has 3 aromatic heterocycles. The predicted octanol–water partition coefficient (Wildman–Crippen LogP) is 4.68. The molecule has 46 heavy (non-hydrogen) atoms. The van der Waals surface area contributed by atoms with Crippen LogP contribution in [0, 0.1) is 5.92 Å². The highest BCUT2D eigenvalue weighted by Gasteiger charge is 2.30. The summed E-state index contributed by atoms with van der Waals surface area (Å²) in [7, 11) is 7.09. The lowest BCUT2D eigenvalue weighted by molar-refractivity contribution is -0.117. The van der Waals surface area contributed by atoms with Crippen LogP contribution in [0.25, 0.3) is 11.3 Å². The Balaban J connectivity index is 1.39. The Hall–Kier alpha value is -5.39. The lowest BCUT2D eigenvalue weighted by atomic mass is 10.0. The number of aromatic nitrogens is 4. The van der Waals surface area contributed by atoms with Gasteiger partial charge >= 0.3 is 0 Å². The molecule has 1 fully saturated rings. The molecule has 3 heterocycles. The minimum absolute atomic E-state index is 0.0111. The number of pyridine rings is 2. The monoisotopic (exact) mass is 621 g/mol. The zero-order chi connectivity index (χ0) is 32.8. The highest BCUT2D eigenvalue weighted by atomic mass is 16.2. The largest absolute Gasteiger partial charge is 0.375 e. The van der Waals surface area contributed by atoms with E-state index in [0.29, 0.717) is 29.2 Å². The molecule has 12 heteroatoms. The van der Waals surface area contributed by atoms with E-state index in [0.717, 1.165) is 42.6 Å². The van der Waals surface area contributed by atoms with E-state index in [9.17, 15) is 14.4 Å². The summed E-state index contributed by atoms with van der Waals surface area (Å²) in [4.78, 5) is 51.0. The first kappa shape index (κ1) is 32.0. The van der Waals surface area contributed by atoms with Crippen LogP contribution >= 0.6 is 0 Å². The standard InChI is InChI=1S/C34H39N9O3/c1-6-8-21-15-16-36-24(17-21)20-43(5)34(46)23-13-14-26(37-19-23)25-9-7-10-27(31(25)42(3)4)38-28-18-29(39-32(44)22-11-12-22)40-41-30(28)33(45)35-2/h7,9-10,13-19,22H,6,8,11-12,20H2,1-5H3,(H,35,45)(H2,38,39,40,44). The number of hydrogen-bond donors (Lipinski definition) is 3. The molecule has 1 aromatic carbocycles. The first-order valence-corrected chi connectivity index (χ1v) is 15.3. The second-order valence-corrected chi connectivity index (χ2v) is 11.6. The fourth-order valence-corrected chi connectivity index (χ4v) is 5.16. The number of rotatable bonds is 12. The van der Waals surface area contributed by atoms with Crippen LogP contribution in [0.4, 0.5) is 22.9 Å². The first-order chi connectivity index (χ1) is 22.2. The van der Waals surface area contributed by atoms with Crippen LogP contribution < -0.4 is 20.9 Å². The van der Waals surface area contributed by atoms with Crippen LogP contribution in [0.15, 0.2) is 60.9 Å². The third-order valence-electron chi connectivity index (χ3n) is 7.64. The number of benzene rings is 1. The van der Waals surface area contributed by atoms with E-state index in [1.165, 1.54) is 12.6 Å². The van der Waals surface area contributed by atoms with Gasteiger partial charge in [-0.2, -0.15) is 0 Å². The molecule has 3 amide bonds. The topological polar surface area (TPSA) is 145 Å². The molecule has 4 aromatic rings. The number of para-hydroxylation sites is 1. The van der Waals surface area contributed by atoms with Crippen molar-refractivity contribution in [3.8, 4) is 11.3 Å². The number of nitrogens with one attached hydrogen (secondary N) is 3. The van der Waals surface area contributed by atoms with E-state index in [4.69, 9.17) is 0 Å². The highest BCUT2D eigenvalue weighted by molar-refractivity contribution is 6.01. The molecule has 1 aliphatic carbocycles. The Kier molecular flexibility index (Phi) is 9.85. The fourth-order valence-electron chi connectivity index (χ4n) is 5.16. The highest BCUT2D eigenvalue weighted by Crippen LogP contribution is 2.38. The van der Waals surface area contributed by atoms with Crippen LogP contribution in [-0.4, -0.2) is 71.0 Å². The average molecular weight is 622 g/mol. The summed E-state index contributed by atoms with van der Waals surface area (Å²) in [5.74, 6) is -0.439. The van der Waals surface area contributed by atoms with Crippen molar-refractivity contribution >= 4 is 40.6 Å². The van der Waals surface area contributed by atoms with E-state index in [1.54, 1.807) is 36.5 Å². The van der Waals surface area contributed by atoms with Crippen molar-refractivity contribution in [3.63, 3.8) is 0 Å². The van der Waals surface area contributed by atoms with Crippen LogP contribution in [0.1, 0.15) is 58.3 Å². The number of nitrogens with zero attached hydrogens (tertiary/aromatic N) is 6. The Morgan fingerprint density at radius 2 is 1.76 bits per heavy atom. The number of carbonyl (C=O) groups excluding carboxylic acids is 3. The van der Waals surface area contributed by atoms with E-state index >= 15 is 0 Å². The average Bonchev–Trinajstić information content (AvgIpc) is 3.91. The summed E-state index contributed by atoms with van der Waals surface area (Å²) in [5, 5.41) is 16.9. The summed E-state index contributed by atoms with van der Waals surface area (Å²) in [6, 6.07) is 14.9. The minimum atomic E-state index is -0.422. The molecular weight excluding hydrogens is 582 g/mol. The molecule has 3 N–H and O–H groups in total. The summed E-state index contributed by atoms with van der Waals surface area (Å²) in [6.45, 7) is 2.53. The number of amides is 3. The third kappa shape index (κ3) is 7.45. The minimum Gasteiger partial charge on any atom is -0.375 e. The molecule has 0 bridgehead atoms. The number of aryl methyl sites for hydroxylation is 1. The fraction of sp³-hybridized carbons (Fsp3) is 0.324. The molecule has 0 unspecified atom stereocenters. The lowest BCUT2D eigenvalue weighted by Crippen LogP contribution is -2.26. The summed E-state index contributed by atoms with van der Waals surface area (Å²) < 4.78 is 0. The molecule has 1 aliphatic rings. The molecule has 0 spiro atoms. The van der Waals surface area contributed by atoms with Crippen LogP contribution in [0.5, 0.6) is 0 Å². The smallest absolute Gasteiger partial charge is 0.273 e. The maximum absolute atomic E-state index is 13.3. The summed E-state index contributed by atoms with van der Waals surface area (Å²) in [5.41, 5.74) is 5.93. The van der Waals surface area contributed by atoms with Gasteiger partial charge in [-0.25, -0.2) is 0 Å². The second kappa shape index (κ2) is 14.1. The molecule has 0 aliphatic heterocycles. The predicted molar refractivity (Wildman–Crippen MR) is 178 cm³/mol. The molecule has 1 saturated carbocycles. The third-order valence-corrected chi connectivity index (χ3v) is 7.64. The van der Waals surface area contributed by atoms with Gasteiger partial charge in [-0.3, -0.25) is 24.4 Å². The number of carbonyl (C=O) groups is 3. The Labute approximate surface area is 268 Å². The van der Waals surface area contributed by atoms with Gasteiger partial charge in [-0.15, -0.1) is 10.2 Å². The lowest BCUT2D eigenvalue weighted by Gasteiger charge is -2.23. The van der Waals surface area contributed by atoms with Crippen molar-refractivity contribution in [2.45, 2.75) is 39.2 Å². The van der Waals surface area contributed by atoms with Gasteiger partial charge in [-0.1, -0.05) is 25.5 Å². The zero-order valence-corrected chi connectivity index (χ0v) is 26.8. The second-order valence-electron chi connectivity index (χ2n) is 11.6. The number of hydrogen-bond acceptors (Lipinski definition) is 9. The maximum Gasteiger partial charge on any atom is 0.273 e. The van der Waals surface area contributed by atoms with Gasteiger partial charge in [0.1, 0.15) is 0 Å². The van der Waals surface area contributed by atoms with Crippen molar-refractivity contribution in [2.75, 3.05) is 43.7 Å². The first-order valence-electron chi connectivity index (χ1n) is 15.3. The van der Waals surface area contributed by atoms with Gasteiger partial charge in [0, 0.05) is 58.1 Å². The van der Waals surface area contributed by atoms with E-state index < -0.39 is 5.91 Å². The van der Waals surface area contributed by atoms with E-state index in [-0.39, 0.29) is 29.2 Å². The van der Waals surface area contributed by atoms with Crippen molar-refractivity contribution < 1.29 is 14.4 Å². The van der Waals surface area contributed by atoms with Crippen molar-refractivity contribution in [2.24, 2.45) is 5.92 Å². The Morgan fingerprint density at radius 3 is 2.43 bits per heavy atom. The molecular formula is C34H39N9O3. The van der Waals surface area contributed by atoms with Crippen molar-refractivity contribution in [3.05, 3.63) is 83.4 Å². The van der Waals surface area contributed by atoms with Crippen LogP contribution in [-0.2, 0) is 17.8 Å². The van der Waals surface area contributed by atoms with Gasteiger partial charge in [0.25, 0.3) is 11.8 Å². The van der Waals surface area contributed by atoms with Gasteiger partial charge in [0.15, 0.2) is 11.5 Å². The zero-order valence-electron chi connectivity index (χ0n) is 26.8. The van der Waals surface area contributed by atoms with Gasteiger partial charge in [0.2, 0.25) is 5.91 Å². The van der Waals surface area contributed by atoms with Gasteiger partial charge < -0.3 is 25.8 Å². The molecule has 0 saturated heterocycles. The van der Waals surface area contributed by atoms with Crippen LogP contribution in [0.3, 0.4) is 0 Å². The Bertz CT molecular complexity index is 1740. The van der Waals surface area contributed by atoms with Crippen molar-refractivity contribution in [1.29, 1.82) is 0 Å². The van der Waals surface area contributed by atoms with Gasteiger partial charge in [-0.05, 0) is 55.2 Å². The van der Waals surface area contributed by atoms with E-state index in [2.05, 4.69) is 43.0 Å². The molecule has 238 valence electrons. The SMILES string of the molecule is CCCc1ccnc(CN(C)C(=O)c2ccc(-c3cccc(Nc4cc(NC(=O)C5CC5)nnc4C(=O)NC)c3N(C)C)nc2)c1. The molecule has 0 radical (unpaired) electrons. The maximum atomic E-state index is 13.3. The normalized spacial score (nSPS) is 12.3. The Morgan fingerprint density at radius 1 is 0.957 bits per heavy atom. The van der Waals surface area contributed by atoms with E-state index in [1.807, 2.05) is 55.4 Å². The molecule has 5 rings (SSSR count). The van der Waals surface area contributed by atoms with Gasteiger partial charge in [0.05, 0.1) is 40.6 Å². The van der Waals surface area contributed by atoms with Crippen LogP contribution in [0.2, 0.25) is 0 Å². The quantitative estimate of drug-likeness (QED) is 0.205. The van der Waals surface area contributed by atoms with Crippen molar-refractivity contribution in [1.82, 2.24) is 30.4 Å².